The predicted molar refractivity (Wildman–Crippen MR) is 90.7 cm³/mol. The number of thiophene rings is 1. The Morgan fingerprint density at radius 3 is 2.43 bits per heavy atom. The molecule has 0 aliphatic carbocycles. The zero-order valence-corrected chi connectivity index (χ0v) is 12.9. The quantitative estimate of drug-likeness (QED) is 0.441. The van der Waals surface area contributed by atoms with Gasteiger partial charge in [0.25, 0.3) is 0 Å². The van der Waals surface area contributed by atoms with Crippen LogP contribution >= 0.6 is 11.3 Å². The fraction of sp³-hybridized carbons (Fsp3) is 0.105. The highest BCUT2D eigenvalue weighted by atomic mass is 32.1. The summed E-state index contributed by atoms with van der Waals surface area (Å²) in [7, 11) is 2.11. The van der Waals surface area contributed by atoms with Crippen molar-refractivity contribution in [3.63, 3.8) is 0 Å². The van der Waals surface area contributed by atoms with Crippen LogP contribution in [0.2, 0.25) is 0 Å². The van der Waals surface area contributed by atoms with Gasteiger partial charge in [-0.3, -0.25) is 0 Å². The summed E-state index contributed by atoms with van der Waals surface area (Å²) < 4.78 is 3.60. The third-order valence-corrected chi connectivity index (χ3v) is 5.21. The molecule has 2 aromatic heterocycles. The van der Waals surface area contributed by atoms with Crippen LogP contribution in [-0.2, 0) is 7.05 Å². The normalized spacial score (nSPS) is 11.3. The van der Waals surface area contributed by atoms with E-state index in [4.69, 9.17) is 0 Å². The number of aryl methyl sites for hydroxylation is 2. The second-order valence-corrected chi connectivity index (χ2v) is 6.32. The zero-order valence-electron chi connectivity index (χ0n) is 12.1. The Labute approximate surface area is 128 Å². The molecule has 2 heterocycles. The lowest BCUT2D eigenvalue weighted by molar-refractivity contribution is -0.660. The lowest BCUT2D eigenvalue weighted by atomic mass is 9.94. The van der Waals surface area contributed by atoms with Crippen molar-refractivity contribution >= 4 is 32.2 Å². The summed E-state index contributed by atoms with van der Waals surface area (Å²) in [5, 5.41) is 6.25. The van der Waals surface area contributed by atoms with E-state index in [9.17, 15) is 0 Å². The van der Waals surface area contributed by atoms with E-state index in [2.05, 4.69) is 78.6 Å². The maximum absolute atomic E-state index is 2.24. The minimum Gasteiger partial charge on any atom is -0.201 e. The summed E-state index contributed by atoms with van der Waals surface area (Å²) in [6.45, 7) is 2.24. The molecule has 0 radical (unpaired) electrons. The van der Waals surface area contributed by atoms with Gasteiger partial charge in [-0.1, -0.05) is 24.3 Å². The highest BCUT2D eigenvalue weighted by Crippen LogP contribution is 2.39. The SMILES string of the molecule is Cc1c(-c2cccc[n+]2C)c2ccccc2c2ccsc12. The van der Waals surface area contributed by atoms with E-state index < -0.39 is 0 Å². The smallest absolute Gasteiger partial charge is 0.201 e. The second-order valence-electron chi connectivity index (χ2n) is 5.41. The first-order valence-electron chi connectivity index (χ1n) is 7.11. The van der Waals surface area contributed by atoms with Crippen LogP contribution in [0.4, 0.5) is 0 Å². The number of pyridine rings is 1. The van der Waals surface area contributed by atoms with Crippen molar-refractivity contribution in [2.24, 2.45) is 7.05 Å². The number of nitrogens with zero attached hydrogens (tertiary/aromatic N) is 1. The van der Waals surface area contributed by atoms with Gasteiger partial charge in [0.2, 0.25) is 5.69 Å². The Morgan fingerprint density at radius 1 is 0.857 bits per heavy atom. The lowest BCUT2D eigenvalue weighted by Gasteiger charge is -2.11. The van der Waals surface area contributed by atoms with Crippen LogP contribution in [0.15, 0.2) is 60.1 Å². The molecule has 0 aliphatic rings. The maximum atomic E-state index is 2.24. The third kappa shape index (κ3) is 1.79. The molecule has 0 aliphatic heterocycles. The van der Waals surface area contributed by atoms with Crippen LogP contribution in [0.25, 0.3) is 32.1 Å². The number of hydrogen-bond acceptors (Lipinski definition) is 1. The molecule has 21 heavy (non-hydrogen) atoms. The molecule has 102 valence electrons. The standard InChI is InChI=1S/C19H16NS/c1-13-18(17-9-5-6-11-20(17)2)15-8-4-3-7-14(15)16-10-12-21-19(13)16/h3-12H,1-2H3/q+1. The van der Waals surface area contributed by atoms with Crippen molar-refractivity contribution in [1.82, 2.24) is 0 Å². The van der Waals surface area contributed by atoms with Crippen LogP contribution in [0.5, 0.6) is 0 Å². The van der Waals surface area contributed by atoms with Gasteiger partial charge in [0, 0.05) is 22.2 Å². The summed E-state index contributed by atoms with van der Waals surface area (Å²) in [4.78, 5) is 0. The van der Waals surface area contributed by atoms with Gasteiger partial charge in [0.05, 0.1) is 5.56 Å². The van der Waals surface area contributed by atoms with E-state index in [0.717, 1.165) is 0 Å². The molecule has 0 spiro atoms. The molecule has 4 rings (SSSR count). The van der Waals surface area contributed by atoms with E-state index >= 15 is 0 Å². The van der Waals surface area contributed by atoms with Crippen LogP contribution in [0.3, 0.4) is 0 Å². The molecule has 0 bridgehead atoms. The monoisotopic (exact) mass is 290 g/mol. The third-order valence-electron chi connectivity index (χ3n) is 4.18. The fourth-order valence-electron chi connectivity index (χ4n) is 3.18. The van der Waals surface area contributed by atoms with E-state index in [1.807, 2.05) is 11.3 Å². The fourth-order valence-corrected chi connectivity index (χ4v) is 4.10. The van der Waals surface area contributed by atoms with Crippen molar-refractivity contribution in [2.45, 2.75) is 6.92 Å². The van der Waals surface area contributed by atoms with Crippen molar-refractivity contribution in [2.75, 3.05) is 0 Å². The minimum atomic E-state index is 1.27. The lowest BCUT2D eigenvalue weighted by Crippen LogP contribution is -2.30. The largest absolute Gasteiger partial charge is 0.213 e. The van der Waals surface area contributed by atoms with E-state index in [1.54, 1.807) is 0 Å². The topological polar surface area (TPSA) is 3.88 Å². The van der Waals surface area contributed by atoms with E-state index in [-0.39, 0.29) is 0 Å². The predicted octanol–water partition coefficient (Wildman–Crippen LogP) is 4.85. The number of rotatable bonds is 1. The van der Waals surface area contributed by atoms with Crippen LogP contribution < -0.4 is 4.57 Å². The molecule has 2 aromatic carbocycles. The minimum absolute atomic E-state index is 1.27. The molecule has 0 saturated carbocycles. The Kier molecular flexibility index (Phi) is 2.79. The molecule has 0 saturated heterocycles. The average Bonchev–Trinajstić information content (AvgIpc) is 2.99. The van der Waals surface area contributed by atoms with Gasteiger partial charge in [0.15, 0.2) is 6.20 Å². The van der Waals surface area contributed by atoms with Gasteiger partial charge in [-0.2, -0.15) is 0 Å². The first kappa shape index (κ1) is 12.5. The van der Waals surface area contributed by atoms with E-state index in [1.165, 1.54) is 37.7 Å². The van der Waals surface area contributed by atoms with Crippen LogP contribution in [0.1, 0.15) is 5.56 Å². The molecule has 0 amide bonds. The number of fused-ring (bicyclic) bond motifs is 3. The van der Waals surface area contributed by atoms with E-state index in [0.29, 0.717) is 0 Å². The number of benzene rings is 2. The van der Waals surface area contributed by atoms with Crippen molar-refractivity contribution < 1.29 is 4.57 Å². The van der Waals surface area contributed by atoms with Gasteiger partial charge in [-0.15, -0.1) is 11.3 Å². The molecule has 1 nitrogen and oxygen atoms in total. The highest BCUT2D eigenvalue weighted by Gasteiger charge is 2.18. The number of hydrogen-bond donors (Lipinski definition) is 0. The van der Waals surface area contributed by atoms with Crippen molar-refractivity contribution in [1.29, 1.82) is 0 Å². The Balaban J connectivity index is 2.26. The van der Waals surface area contributed by atoms with Crippen molar-refractivity contribution in [3.8, 4) is 11.3 Å². The van der Waals surface area contributed by atoms with Crippen LogP contribution in [0, 0.1) is 6.92 Å². The average molecular weight is 290 g/mol. The summed E-state index contributed by atoms with van der Waals surface area (Å²) in [5.74, 6) is 0. The molecule has 0 fully saturated rings. The molecule has 0 unspecified atom stereocenters. The molecule has 4 aromatic rings. The Hall–Kier alpha value is -2.19. The van der Waals surface area contributed by atoms with Crippen molar-refractivity contribution in [3.05, 3.63) is 65.7 Å². The summed E-state index contributed by atoms with van der Waals surface area (Å²) in [6, 6.07) is 17.4. The van der Waals surface area contributed by atoms with Gasteiger partial charge in [0.1, 0.15) is 7.05 Å². The van der Waals surface area contributed by atoms with Gasteiger partial charge in [-0.05, 0) is 40.8 Å². The summed E-state index contributed by atoms with van der Waals surface area (Å²) in [5.41, 5.74) is 3.99. The van der Waals surface area contributed by atoms with Gasteiger partial charge in [-0.25, -0.2) is 4.57 Å². The maximum Gasteiger partial charge on any atom is 0.213 e. The summed E-state index contributed by atoms with van der Waals surface area (Å²) >= 11 is 1.83. The first-order valence-corrected chi connectivity index (χ1v) is 7.99. The second kappa shape index (κ2) is 4.68. The molecule has 2 heteroatoms. The first-order chi connectivity index (χ1) is 10.3. The molecule has 0 atom stereocenters. The zero-order chi connectivity index (χ0) is 14.4. The van der Waals surface area contributed by atoms with Crippen LogP contribution in [-0.4, -0.2) is 0 Å². The molecular weight excluding hydrogens is 274 g/mol. The molecular formula is C19H16NS+. The summed E-state index contributed by atoms with van der Waals surface area (Å²) in [6.07, 6.45) is 2.11. The van der Waals surface area contributed by atoms with Gasteiger partial charge >= 0.3 is 0 Å². The van der Waals surface area contributed by atoms with Gasteiger partial charge < -0.3 is 0 Å². The number of aromatic nitrogens is 1. The Bertz CT molecular complexity index is 966. The Morgan fingerprint density at radius 2 is 1.62 bits per heavy atom. The highest BCUT2D eigenvalue weighted by molar-refractivity contribution is 7.17. The molecule has 0 N–H and O–H groups in total.